The molecule has 2 rings (SSSR count). The number of hydrogen-bond acceptors (Lipinski definition) is 5. The number of allylic oxidation sites excluding steroid dienone is 2. The van der Waals surface area contributed by atoms with Gasteiger partial charge in [0.2, 0.25) is 0 Å². The monoisotopic (exact) mass is 415 g/mol. The van der Waals surface area contributed by atoms with Gasteiger partial charge >= 0.3 is 11.9 Å². The summed E-state index contributed by atoms with van der Waals surface area (Å²) < 4.78 is 23.8. The summed E-state index contributed by atoms with van der Waals surface area (Å²) in [6.45, 7) is 4.06. The first kappa shape index (κ1) is 21.3. The summed E-state index contributed by atoms with van der Waals surface area (Å²) in [7, 11) is 1.18. The molecule has 27 heavy (non-hydrogen) atoms. The Morgan fingerprint density at radius 3 is 2.44 bits per heavy atom. The van der Waals surface area contributed by atoms with Gasteiger partial charge in [-0.2, -0.15) is 0 Å². The van der Waals surface area contributed by atoms with Crippen molar-refractivity contribution in [3.8, 4) is 0 Å². The number of benzene rings is 1. The van der Waals surface area contributed by atoms with E-state index in [-0.39, 0.29) is 33.0 Å². The van der Waals surface area contributed by atoms with Crippen LogP contribution < -0.4 is 5.32 Å². The molecule has 1 aliphatic heterocycles. The van der Waals surface area contributed by atoms with Gasteiger partial charge in [-0.15, -0.1) is 0 Å². The topological polar surface area (TPSA) is 64.6 Å². The summed E-state index contributed by atoms with van der Waals surface area (Å²) in [4.78, 5) is 25.3. The Labute approximate surface area is 167 Å². The Hall–Kier alpha value is -2.05. The molecule has 5 nitrogen and oxygen atoms in total. The number of dihydropyridines is 1. The van der Waals surface area contributed by atoms with E-state index in [0.717, 1.165) is 0 Å². The number of alkyl halides is 1. The molecule has 8 heteroatoms. The van der Waals surface area contributed by atoms with Crippen molar-refractivity contribution in [1.82, 2.24) is 5.32 Å². The van der Waals surface area contributed by atoms with Crippen LogP contribution in [0.1, 0.15) is 32.3 Å². The molecule has 0 saturated heterocycles. The van der Waals surface area contributed by atoms with Gasteiger partial charge in [-0.05, 0) is 32.4 Å². The minimum absolute atomic E-state index is 0.00138. The number of esters is 2. The summed E-state index contributed by atoms with van der Waals surface area (Å²) in [6, 6.07) is 4.84. The first-order chi connectivity index (χ1) is 12.7. The minimum Gasteiger partial charge on any atom is -0.466 e. The molecule has 0 saturated carbocycles. The van der Waals surface area contributed by atoms with Crippen LogP contribution in [0, 0.1) is 0 Å². The maximum Gasteiger partial charge on any atom is 0.337 e. The predicted molar refractivity (Wildman–Crippen MR) is 101 cm³/mol. The van der Waals surface area contributed by atoms with Gasteiger partial charge in [-0.3, -0.25) is 0 Å². The van der Waals surface area contributed by atoms with Crippen LogP contribution >= 0.6 is 23.2 Å². The van der Waals surface area contributed by atoms with Gasteiger partial charge in [0.25, 0.3) is 0 Å². The van der Waals surface area contributed by atoms with Crippen LogP contribution in [0.3, 0.4) is 0 Å². The quantitative estimate of drug-likeness (QED) is 0.726. The number of carbonyl (C=O) groups excluding carboxylic acids is 2. The van der Waals surface area contributed by atoms with Gasteiger partial charge < -0.3 is 14.8 Å². The van der Waals surface area contributed by atoms with E-state index in [9.17, 15) is 14.0 Å². The highest BCUT2D eigenvalue weighted by molar-refractivity contribution is 6.42. The number of methoxy groups -OCH3 is 1. The van der Waals surface area contributed by atoms with Crippen LogP contribution in [0.5, 0.6) is 0 Å². The van der Waals surface area contributed by atoms with Crippen LogP contribution in [-0.4, -0.2) is 31.8 Å². The molecule has 0 amide bonds. The lowest BCUT2D eigenvalue weighted by Crippen LogP contribution is -2.34. The second kappa shape index (κ2) is 8.76. The van der Waals surface area contributed by atoms with Crippen molar-refractivity contribution in [2.75, 3.05) is 13.8 Å². The average molecular weight is 416 g/mol. The zero-order valence-electron chi connectivity index (χ0n) is 15.4. The molecule has 1 aromatic rings. The molecule has 1 N–H and O–H groups in total. The van der Waals surface area contributed by atoms with E-state index in [2.05, 4.69) is 5.32 Å². The lowest BCUT2D eigenvalue weighted by atomic mass is 9.80. The van der Waals surface area contributed by atoms with E-state index in [1.807, 2.05) is 0 Å². The largest absolute Gasteiger partial charge is 0.466 e. The molecule has 146 valence electrons. The lowest BCUT2D eigenvalue weighted by Gasteiger charge is -2.31. The third kappa shape index (κ3) is 4.28. The highest BCUT2D eigenvalue weighted by atomic mass is 35.5. The number of carbonyl (C=O) groups is 2. The number of nitrogens with one attached hydrogen (secondary N) is 1. The summed E-state index contributed by atoms with van der Waals surface area (Å²) in [5.74, 6) is -2.41. The van der Waals surface area contributed by atoms with Crippen LogP contribution in [0.2, 0.25) is 10.0 Å². The number of ether oxygens (including phenoxy) is 2. The van der Waals surface area contributed by atoms with Gasteiger partial charge in [0.1, 0.15) is 6.67 Å². The van der Waals surface area contributed by atoms with Gasteiger partial charge in [-0.1, -0.05) is 35.3 Å². The van der Waals surface area contributed by atoms with Crippen LogP contribution in [0.25, 0.3) is 0 Å². The van der Waals surface area contributed by atoms with Crippen molar-refractivity contribution in [1.29, 1.82) is 0 Å². The lowest BCUT2D eigenvalue weighted by molar-refractivity contribution is -0.143. The Morgan fingerprint density at radius 2 is 1.89 bits per heavy atom. The van der Waals surface area contributed by atoms with Crippen molar-refractivity contribution in [3.05, 3.63) is 56.3 Å². The molecule has 0 aromatic heterocycles. The SMILES string of the molecule is COC(=O)C1=C(CF)NC(C)=C(C(=O)OC(C)C)C1c1cccc(Cl)c1Cl. The molecule has 0 spiro atoms. The summed E-state index contributed by atoms with van der Waals surface area (Å²) in [6.07, 6.45) is -0.388. The Bertz CT molecular complexity index is 833. The van der Waals surface area contributed by atoms with Crippen molar-refractivity contribution < 1.29 is 23.5 Å². The van der Waals surface area contributed by atoms with Gasteiger partial charge in [0, 0.05) is 5.70 Å². The van der Waals surface area contributed by atoms with Crippen LogP contribution in [-0.2, 0) is 19.1 Å². The summed E-state index contributed by atoms with van der Waals surface area (Å²) in [5, 5.41) is 3.18. The molecular weight excluding hydrogens is 396 g/mol. The maximum atomic E-state index is 13.7. The normalized spacial score (nSPS) is 17.1. The third-order valence-corrected chi connectivity index (χ3v) is 4.87. The van der Waals surface area contributed by atoms with E-state index in [1.54, 1.807) is 39.0 Å². The Kier molecular flexibility index (Phi) is 6.89. The second-order valence-corrected chi connectivity index (χ2v) is 7.00. The fourth-order valence-electron chi connectivity index (χ4n) is 2.96. The molecule has 1 aliphatic rings. The Morgan fingerprint density at radius 1 is 1.22 bits per heavy atom. The zero-order chi connectivity index (χ0) is 20.3. The van der Waals surface area contributed by atoms with Crippen molar-refractivity contribution >= 4 is 35.1 Å². The molecule has 0 radical (unpaired) electrons. The third-order valence-electron chi connectivity index (χ3n) is 4.04. The first-order valence-corrected chi connectivity index (χ1v) is 8.98. The van der Waals surface area contributed by atoms with Crippen molar-refractivity contribution in [3.63, 3.8) is 0 Å². The van der Waals surface area contributed by atoms with Gasteiger partial charge in [0.05, 0.1) is 46.0 Å². The van der Waals surface area contributed by atoms with Crippen LogP contribution in [0.15, 0.2) is 40.7 Å². The summed E-state index contributed by atoms with van der Waals surface area (Å²) >= 11 is 12.5. The summed E-state index contributed by atoms with van der Waals surface area (Å²) in [5.41, 5.74) is 0.839. The molecule has 1 unspecified atom stereocenters. The van der Waals surface area contributed by atoms with Gasteiger partial charge in [0.15, 0.2) is 0 Å². The van der Waals surface area contributed by atoms with Crippen molar-refractivity contribution in [2.24, 2.45) is 0 Å². The highest BCUT2D eigenvalue weighted by Crippen LogP contribution is 2.43. The fraction of sp³-hybridized carbons (Fsp3) is 0.368. The molecule has 1 aromatic carbocycles. The van der Waals surface area contributed by atoms with Crippen LogP contribution in [0.4, 0.5) is 4.39 Å². The number of hydrogen-bond donors (Lipinski definition) is 1. The predicted octanol–water partition coefficient (Wildman–Crippen LogP) is 4.30. The van der Waals surface area contributed by atoms with Gasteiger partial charge in [-0.25, -0.2) is 14.0 Å². The molecule has 1 heterocycles. The van der Waals surface area contributed by atoms with E-state index in [1.165, 1.54) is 7.11 Å². The maximum absolute atomic E-state index is 13.7. The number of halogens is 3. The molecule has 1 atom stereocenters. The Balaban J connectivity index is 2.77. The smallest absolute Gasteiger partial charge is 0.337 e. The minimum atomic E-state index is -0.984. The van der Waals surface area contributed by atoms with E-state index >= 15 is 0 Å². The standard InChI is InChI=1S/C19H20Cl2FNO4/c1-9(2)27-19(25)14-10(3)23-13(8-22)16(18(24)26-4)15(14)11-6-5-7-12(20)17(11)21/h5-7,9,15,23H,8H2,1-4H3. The average Bonchev–Trinajstić information content (AvgIpc) is 2.61. The number of rotatable bonds is 5. The second-order valence-electron chi connectivity index (χ2n) is 6.21. The first-order valence-electron chi connectivity index (χ1n) is 8.22. The molecular formula is C19H20Cl2FNO4. The molecule has 0 aliphatic carbocycles. The molecule has 0 fully saturated rings. The highest BCUT2D eigenvalue weighted by Gasteiger charge is 2.40. The van der Waals surface area contributed by atoms with E-state index < -0.39 is 24.5 Å². The van der Waals surface area contributed by atoms with E-state index in [0.29, 0.717) is 11.3 Å². The zero-order valence-corrected chi connectivity index (χ0v) is 16.9. The molecule has 0 bridgehead atoms. The fourth-order valence-corrected chi connectivity index (χ4v) is 3.37. The van der Waals surface area contributed by atoms with Crippen molar-refractivity contribution in [2.45, 2.75) is 32.8 Å². The van der Waals surface area contributed by atoms with E-state index in [4.69, 9.17) is 32.7 Å².